The van der Waals surface area contributed by atoms with Crippen LogP contribution < -0.4 is 0 Å². The van der Waals surface area contributed by atoms with E-state index >= 15 is 0 Å². The number of hydrogen-bond acceptors (Lipinski definition) is 3. The fourth-order valence-electron chi connectivity index (χ4n) is 2.05. The Bertz CT molecular complexity index is 769. The summed E-state index contributed by atoms with van der Waals surface area (Å²) in [5.41, 5.74) is 3.89. The highest BCUT2D eigenvalue weighted by molar-refractivity contribution is 8.03. The quantitative estimate of drug-likeness (QED) is 0.521. The molecule has 0 N–H and O–H groups in total. The molecule has 0 saturated carbocycles. The summed E-state index contributed by atoms with van der Waals surface area (Å²) < 4.78 is 1.98. The molecule has 2 heterocycles. The molecule has 0 amide bonds. The molecule has 1 aromatic carbocycles. The minimum atomic E-state index is 0.859. The number of thiocyanates is 1. The first-order valence-corrected chi connectivity index (χ1v) is 6.71. The number of benzene rings is 1. The number of aromatic nitrogens is 2. The number of hydrogen-bond donors (Lipinski definition) is 0. The topological polar surface area (TPSA) is 41.1 Å². The maximum absolute atomic E-state index is 9.01. The Morgan fingerprint density at radius 3 is 2.68 bits per heavy atom. The molecular weight excluding hydrogens is 254 g/mol. The third kappa shape index (κ3) is 2.09. The number of nitrogens with zero attached hydrogens (tertiary/aromatic N) is 3. The normalized spacial score (nSPS) is 10.5. The summed E-state index contributed by atoms with van der Waals surface area (Å²) >= 11 is 1.15. The van der Waals surface area contributed by atoms with Crippen molar-refractivity contribution in [3.8, 4) is 16.7 Å². The molecule has 0 spiro atoms. The monoisotopic (exact) mass is 265 g/mol. The first-order chi connectivity index (χ1) is 9.29. The lowest BCUT2D eigenvalue weighted by Crippen LogP contribution is -1.87. The fraction of sp³-hybridized carbons (Fsp3) is 0.0667. The van der Waals surface area contributed by atoms with Gasteiger partial charge in [0.1, 0.15) is 21.8 Å². The molecule has 0 fully saturated rings. The van der Waals surface area contributed by atoms with Crippen LogP contribution in [0.25, 0.3) is 16.9 Å². The fourth-order valence-corrected chi connectivity index (χ4v) is 2.65. The van der Waals surface area contributed by atoms with Crippen molar-refractivity contribution in [2.45, 2.75) is 11.9 Å². The summed E-state index contributed by atoms with van der Waals surface area (Å²) in [6.45, 7) is 2.03. The number of thioether (sulfide) groups is 1. The van der Waals surface area contributed by atoms with Gasteiger partial charge in [-0.25, -0.2) is 4.98 Å². The van der Waals surface area contributed by atoms with E-state index in [1.807, 2.05) is 60.0 Å². The molecule has 2 aromatic heterocycles. The Hall–Kier alpha value is -2.25. The smallest absolute Gasteiger partial charge is 0.140 e. The van der Waals surface area contributed by atoms with E-state index in [9.17, 15) is 0 Å². The van der Waals surface area contributed by atoms with Gasteiger partial charge in [0.2, 0.25) is 0 Å². The average molecular weight is 265 g/mol. The van der Waals surface area contributed by atoms with Crippen LogP contribution in [0.5, 0.6) is 0 Å². The van der Waals surface area contributed by atoms with E-state index in [0.717, 1.165) is 39.3 Å². The number of aryl methyl sites for hydroxylation is 1. The molecule has 0 aliphatic heterocycles. The van der Waals surface area contributed by atoms with Gasteiger partial charge in [-0.05, 0) is 18.6 Å². The highest BCUT2D eigenvalue weighted by Crippen LogP contribution is 2.31. The lowest BCUT2D eigenvalue weighted by atomic mass is 10.2. The number of imidazole rings is 1. The van der Waals surface area contributed by atoms with Crippen LogP contribution in [0.15, 0.2) is 53.7 Å². The number of pyridine rings is 1. The largest absolute Gasteiger partial charge is 0.293 e. The Labute approximate surface area is 115 Å². The molecule has 0 radical (unpaired) electrons. The number of rotatable bonds is 2. The van der Waals surface area contributed by atoms with Gasteiger partial charge in [-0.2, -0.15) is 5.26 Å². The lowest BCUT2D eigenvalue weighted by Gasteiger charge is -2.00. The summed E-state index contributed by atoms with van der Waals surface area (Å²) in [6, 6.07) is 13.9. The van der Waals surface area contributed by atoms with E-state index in [2.05, 4.69) is 10.4 Å². The second-order valence-corrected chi connectivity index (χ2v) is 5.03. The van der Waals surface area contributed by atoms with E-state index in [0.29, 0.717) is 0 Å². The molecule has 0 bridgehead atoms. The van der Waals surface area contributed by atoms with Crippen molar-refractivity contribution < 1.29 is 0 Å². The van der Waals surface area contributed by atoms with E-state index < -0.39 is 0 Å². The van der Waals surface area contributed by atoms with E-state index in [-0.39, 0.29) is 0 Å². The van der Waals surface area contributed by atoms with Gasteiger partial charge in [0.15, 0.2) is 0 Å². The van der Waals surface area contributed by atoms with Crippen molar-refractivity contribution in [3.63, 3.8) is 0 Å². The van der Waals surface area contributed by atoms with E-state index in [1.165, 1.54) is 0 Å². The number of nitriles is 1. The minimum absolute atomic E-state index is 0.859. The summed E-state index contributed by atoms with van der Waals surface area (Å²) in [6.07, 6.45) is 2.01. The molecule has 92 valence electrons. The van der Waals surface area contributed by atoms with Crippen molar-refractivity contribution in [3.05, 3.63) is 54.2 Å². The predicted octanol–water partition coefficient (Wildman–Crippen LogP) is 3.88. The average Bonchev–Trinajstić information content (AvgIpc) is 2.79. The predicted molar refractivity (Wildman–Crippen MR) is 76.8 cm³/mol. The van der Waals surface area contributed by atoms with Crippen LogP contribution in [0.2, 0.25) is 0 Å². The first-order valence-electron chi connectivity index (χ1n) is 5.89. The number of fused-ring (bicyclic) bond motifs is 1. The Morgan fingerprint density at radius 1 is 1.16 bits per heavy atom. The second kappa shape index (κ2) is 4.79. The van der Waals surface area contributed by atoms with Crippen LogP contribution in [0, 0.1) is 17.6 Å². The molecule has 0 unspecified atom stereocenters. The Balaban J connectivity index is 2.30. The zero-order valence-electron chi connectivity index (χ0n) is 10.4. The van der Waals surface area contributed by atoms with Crippen molar-refractivity contribution in [1.82, 2.24) is 9.38 Å². The third-order valence-electron chi connectivity index (χ3n) is 2.91. The maximum atomic E-state index is 9.01. The highest BCUT2D eigenvalue weighted by atomic mass is 32.2. The first kappa shape index (κ1) is 11.8. The second-order valence-electron chi connectivity index (χ2n) is 4.26. The van der Waals surface area contributed by atoms with Crippen molar-refractivity contribution in [2.75, 3.05) is 0 Å². The Kier molecular flexibility index (Phi) is 2.98. The Morgan fingerprint density at radius 2 is 1.95 bits per heavy atom. The molecule has 0 saturated heterocycles. The van der Waals surface area contributed by atoms with E-state index in [1.54, 1.807) is 0 Å². The van der Waals surface area contributed by atoms with Crippen molar-refractivity contribution in [1.29, 1.82) is 5.26 Å². The minimum Gasteiger partial charge on any atom is -0.293 e. The molecule has 0 atom stereocenters. The summed E-state index contributed by atoms with van der Waals surface area (Å²) in [7, 11) is 0. The maximum Gasteiger partial charge on any atom is 0.140 e. The van der Waals surface area contributed by atoms with Gasteiger partial charge in [0, 0.05) is 23.5 Å². The van der Waals surface area contributed by atoms with Crippen molar-refractivity contribution >= 4 is 17.4 Å². The van der Waals surface area contributed by atoms with Gasteiger partial charge in [-0.1, -0.05) is 36.4 Å². The van der Waals surface area contributed by atoms with Gasteiger partial charge in [0.25, 0.3) is 0 Å². The summed E-state index contributed by atoms with van der Waals surface area (Å²) in [5, 5.41) is 12.0. The van der Waals surface area contributed by atoms with Crippen LogP contribution in [0.3, 0.4) is 0 Å². The van der Waals surface area contributed by atoms with Gasteiger partial charge in [-0.3, -0.25) is 4.40 Å². The molecule has 3 aromatic rings. The van der Waals surface area contributed by atoms with Gasteiger partial charge in [0.05, 0.1) is 0 Å². The molecule has 3 rings (SSSR count). The SMILES string of the molecule is Cc1ccc2nc(-c3ccccc3)c(SC#N)n2c1. The van der Waals surface area contributed by atoms with Crippen molar-refractivity contribution in [2.24, 2.45) is 0 Å². The molecule has 0 aliphatic rings. The zero-order valence-corrected chi connectivity index (χ0v) is 11.2. The molecule has 3 nitrogen and oxygen atoms in total. The van der Waals surface area contributed by atoms with Crippen LogP contribution >= 0.6 is 11.8 Å². The summed E-state index contributed by atoms with van der Waals surface area (Å²) in [5.74, 6) is 0. The lowest BCUT2D eigenvalue weighted by molar-refractivity contribution is 1.04. The van der Waals surface area contributed by atoms with Crippen LogP contribution in [-0.4, -0.2) is 9.38 Å². The zero-order chi connectivity index (χ0) is 13.2. The van der Waals surface area contributed by atoms with Crippen LogP contribution in [0.4, 0.5) is 0 Å². The van der Waals surface area contributed by atoms with E-state index in [4.69, 9.17) is 5.26 Å². The molecule has 19 heavy (non-hydrogen) atoms. The van der Waals surface area contributed by atoms with Gasteiger partial charge >= 0.3 is 0 Å². The molecule has 4 heteroatoms. The van der Waals surface area contributed by atoms with Gasteiger partial charge in [-0.15, -0.1) is 0 Å². The third-order valence-corrected chi connectivity index (χ3v) is 3.59. The summed E-state index contributed by atoms with van der Waals surface area (Å²) in [4.78, 5) is 4.63. The molecular formula is C15H11N3S. The van der Waals surface area contributed by atoms with Crippen LogP contribution in [0.1, 0.15) is 5.56 Å². The standard InChI is InChI=1S/C15H11N3S/c1-11-7-8-13-17-14(12-5-3-2-4-6-12)15(19-10-16)18(13)9-11/h2-9H,1H3. The highest BCUT2D eigenvalue weighted by Gasteiger charge is 2.14. The van der Waals surface area contributed by atoms with Crippen LogP contribution in [-0.2, 0) is 0 Å². The van der Waals surface area contributed by atoms with Gasteiger partial charge < -0.3 is 0 Å². The molecule has 0 aliphatic carbocycles.